The van der Waals surface area contributed by atoms with Crippen LogP contribution in [-0.2, 0) is 0 Å². The van der Waals surface area contributed by atoms with E-state index < -0.39 is 0 Å². The molecule has 0 radical (unpaired) electrons. The lowest BCUT2D eigenvalue weighted by Crippen LogP contribution is -2.19. The van der Waals surface area contributed by atoms with E-state index in [0.29, 0.717) is 23.0 Å². The van der Waals surface area contributed by atoms with Crippen LogP contribution in [0.15, 0.2) is 42.5 Å². The van der Waals surface area contributed by atoms with Crippen molar-refractivity contribution in [1.29, 1.82) is 0 Å². The zero-order chi connectivity index (χ0) is 15.9. The maximum atomic E-state index is 13.5. The maximum absolute atomic E-state index is 13.5. The Bertz CT molecular complexity index is 661. The molecule has 2 rings (SSSR count). The van der Waals surface area contributed by atoms with E-state index in [1.165, 1.54) is 6.07 Å². The van der Waals surface area contributed by atoms with Gasteiger partial charge in [0.15, 0.2) is 5.11 Å². The number of anilines is 2. The Morgan fingerprint density at radius 1 is 1.18 bits per heavy atom. The van der Waals surface area contributed by atoms with Crippen LogP contribution in [0.3, 0.4) is 0 Å². The summed E-state index contributed by atoms with van der Waals surface area (Å²) < 4.78 is 19.2. The van der Waals surface area contributed by atoms with Crippen LogP contribution >= 0.6 is 12.2 Å². The van der Waals surface area contributed by atoms with Crippen molar-refractivity contribution in [2.24, 2.45) is 0 Å². The van der Waals surface area contributed by atoms with Gasteiger partial charge in [0.2, 0.25) is 0 Å². The molecule has 0 atom stereocenters. The minimum absolute atomic E-state index is 0.264. The fraction of sp³-hybridized carbons (Fsp3) is 0.235. The summed E-state index contributed by atoms with van der Waals surface area (Å²) in [6, 6.07) is 12.5. The van der Waals surface area contributed by atoms with Gasteiger partial charge < -0.3 is 15.4 Å². The lowest BCUT2D eigenvalue weighted by atomic mass is 10.2. The molecular formula is C17H19FN2OS. The number of thiocarbonyl (C=S) groups is 1. The fourth-order valence-corrected chi connectivity index (χ4v) is 2.09. The normalized spacial score (nSPS) is 10.1. The molecule has 5 heteroatoms. The Balaban J connectivity index is 2.04. The second-order valence-electron chi connectivity index (χ2n) is 4.89. The van der Waals surface area contributed by atoms with E-state index in [4.69, 9.17) is 17.0 Å². The molecule has 0 saturated carbocycles. The van der Waals surface area contributed by atoms with Crippen LogP contribution in [0, 0.1) is 12.7 Å². The van der Waals surface area contributed by atoms with Crippen molar-refractivity contribution in [3.63, 3.8) is 0 Å². The molecule has 0 aliphatic heterocycles. The molecule has 0 aliphatic carbocycles. The van der Waals surface area contributed by atoms with Crippen molar-refractivity contribution < 1.29 is 9.13 Å². The summed E-state index contributed by atoms with van der Waals surface area (Å²) in [5, 5.41) is 6.43. The van der Waals surface area contributed by atoms with Gasteiger partial charge >= 0.3 is 0 Å². The van der Waals surface area contributed by atoms with Gasteiger partial charge in [0, 0.05) is 5.69 Å². The summed E-state index contributed by atoms with van der Waals surface area (Å²) in [5.74, 6) is 0.475. The lowest BCUT2D eigenvalue weighted by molar-refractivity contribution is 0.319. The first-order valence-electron chi connectivity index (χ1n) is 7.16. The van der Waals surface area contributed by atoms with Gasteiger partial charge in [-0.15, -0.1) is 0 Å². The van der Waals surface area contributed by atoms with Crippen LogP contribution < -0.4 is 15.4 Å². The van der Waals surface area contributed by atoms with Crippen LogP contribution in [0.5, 0.6) is 5.75 Å². The maximum Gasteiger partial charge on any atom is 0.175 e. The summed E-state index contributed by atoms with van der Waals surface area (Å²) in [6.45, 7) is 4.41. The van der Waals surface area contributed by atoms with Gasteiger partial charge in [0.05, 0.1) is 12.3 Å². The highest BCUT2D eigenvalue weighted by Crippen LogP contribution is 2.24. The summed E-state index contributed by atoms with van der Waals surface area (Å²) in [6.07, 6.45) is 0.930. The highest BCUT2D eigenvalue weighted by molar-refractivity contribution is 7.80. The van der Waals surface area contributed by atoms with Gasteiger partial charge in [0.25, 0.3) is 0 Å². The van der Waals surface area contributed by atoms with E-state index >= 15 is 0 Å². The number of para-hydroxylation sites is 2. The first kappa shape index (κ1) is 16.2. The van der Waals surface area contributed by atoms with Gasteiger partial charge in [-0.05, 0) is 55.4 Å². The minimum Gasteiger partial charge on any atom is -0.491 e. The van der Waals surface area contributed by atoms with Crippen molar-refractivity contribution in [3.8, 4) is 5.75 Å². The first-order chi connectivity index (χ1) is 10.6. The molecule has 2 aromatic rings. The van der Waals surface area contributed by atoms with Crippen molar-refractivity contribution in [1.82, 2.24) is 0 Å². The predicted octanol–water partition coefficient (Wildman–Crippen LogP) is 4.73. The number of ether oxygens (including phenoxy) is 1. The number of benzene rings is 2. The van der Waals surface area contributed by atoms with E-state index in [1.807, 2.05) is 31.2 Å². The summed E-state index contributed by atoms with van der Waals surface area (Å²) >= 11 is 5.27. The van der Waals surface area contributed by atoms with Crippen LogP contribution in [0.2, 0.25) is 0 Å². The van der Waals surface area contributed by atoms with Crippen LogP contribution in [0.4, 0.5) is 15.8 Å². The number of halogens is 1. The smallest absolute Gasteiger partial charge is 0.175 e. The molecule has 116 valence electrons. The average molecular weight is 318 g/mol. The third-order valence-corrected chi connectivity index (χ3v) is 3.23. The van der Waals surface area contributed by atoms with Crippen molar-refractivity contribution in [2.75, 3.05) is 17.2 Å². The molecule has 0 unspecified atom stereocenters. The van der Waals surface area contributed by atoms with E-state index in [0.717, 1.165) is 17.9 Å². The van der Waals surface area contributed by atoms with Crippen molar-refractivity contribution in [2.45, 2.75) is 20.3 Å². The lowest BCUT2D eigenvalue weighted by Gasteiger charge is -2.14. The van der Waals surface area contributed by atoms with Crippen molar-refractivity contribution in [3.05, 3.63) is 53.8 Å². The second kappa shape index (κ2) is 7.75. The first-order valence-corrected chi connectivity index (χ1v) is 7.57. The van der Waals surface area contributed by atoms with Gasteiger partial charge in [-0.2, -0.15) is 0 Å². The molecule has 0 heterocycles. The SMILES string of the molecule is CCCOc1ccccc1NC(=S)Nc1ccc(C)c(F)c1. The third-order valence-electron chi connectivity index (χ3n) is 3.03. The minimum atomic E-state index is -0.264. The van der Waals surface area contributed by atoms with E-state index in [9.17, 15) is 4.39 Å². The van der Waals surface area contributed by atoms with Gasteiger partial charge in [-0.1, -0.05) is 25.1 Å². The van der Waals surface area contributed by atoms with Gasteiger partial charge in [-0.3, -0.25) is 0 Å². The number of hydrogen-bond acceptors (Lipinski definition) is 2. The Morgan fingerprint density at radius 2 is 1.95 bits per heavy atom. The Morgan fingerprint density at radius 3 is 2.68 bits per heavy atom. The van der Waals surface area contributed by atoms with Crippen LogP contribution in [-0.4, -0.2) is 11.7 Å². The fourth-order valence-electron chi connectivity index (χ4n) is 1.86. The summed E-state index contributed by atoms with van der Waals surface area (Å²) in [4.78, 5) is 0. The Hall–Kier alpha value is -2.14. The standard InChI is InChI=1S/C17H19FN2OS/c1-3-10-21-16-7-5-4-6-15(16)20-17(22)19-13-9-8-12(2)14(18)11-13/h4-9,11H,3,10H2,1-2H3,(H2,19,20,22). The Kier molecular flexibility index (Phi) is 5.72. The van der Waals surface area contributed by atoms with E-state index in [-0.39, 0.29) is 5.82 Å². The molecule has 0 saturated heterocycles. The molecule has 3 nitrogen and oxygen atoms in total. The summed E-state index contributed by atoms with van der Waals surface area (Å²) in [5.41, 5.74) is 1.98. The summed E-state index contributed by atoms with van der Waals surface area (Å²) in [7, 11) is 0. The number of hydrogen-bond donors (Lipinski definition) is 2. The number of rotatable bonds is 5. The highest BCUT2D eigenvalue weighted by Gasteiger charge is 2.06. The van der Waals surface area contributed by atoms with E-state index in [1.54, 1.807) is 19.1 Å². The molecule has 0 aromatic heterocycles. The highest BCUT2D eigenvalue weighted by atomic mass is 32.1. The average Bonchev–Trinajstić information content (AvgIpc) is 2.50. The zero-order valence-corrected chi connectivity index (χ0v) is 13.5. The molecule has 0 aliphatic rings. The molecule has 22 heavy (non-hydrogen) atoms. The topological polar surface area (TPSA) is 33.3 Å². The van der Waals surface area contributed by atoms with Crippen LogP contribution in [0.1, 0.15) is 18.9 Å². The molecule has 0 fully saturated rings. The second-order valence-corrected chi connectivity index (χ2v) is 5.30. The Labute approximate surface area is 135 Å². The number of nitrogens with one attached hydrogen (secondary N) is 2. The number of aryl methyl sites for hydroxylation is 1. The van der Waals surface area contributed by atoms with Gasteiger partial charge in [-0.25, -0.2) is 4.39 Å². The third kappa shape index (κ3) is 4.43. The largest absolute Gasteiger partial charge is 0.491 e. The molecule has 0 spiro atoms. The monoisotopic (exact) mass is 318 g/mol. The molecule has 2 aromatic carbocycles. The molecule has 0 amide bonds. The zero-order valence-electron chi connectivity index (χ0n) is 12.7. The van der Waals surface area contributed by atoms with Crippen molar-refractivity contribution >= 4 is 28.7 Å². The quantitative estimate of drug-likeness (QED) is 0.781. The predicted molar refractivity (Wildman–Crippen MR) is 93.2 cm³/mol. The van der Waals surface area contributed by atoms with Gasteiger partial charge in [0.1, 0.15) is 11.6 Å². The molecule has 2 N–H and O–H groups in total. The molecular weight excluding hydrogens is 299 g/mol. The van der Waals surface area contributed by atoms with Crippen LogP contribution in [0.25, 0.3) is 0 Å². The van der Waals surface area contributed by atoms with E-state index in [2.05, 4.69) is 10.6 Å². The molecule has 0 bridgehead atoms.